The Morgan fingerprint density at radius 3 is 2.57 bits per heavy atom. The van der Waals surface area contributed by atoms with Gasteiger partial charge in [0.25, 0.3) is 11.8 Å². The van der Waals surface area contributed by atoms with Crippen molar-refractivity contribution < 1.29 is 19.2 Å². The Morgan fingerprint density at radius 2 is 1.87 bits per heavy atom. The number of piperidine rings is 1. The molecule has 0 aliphatic carbocycles. The highest BCUT2D eigenvalue weighted by molar-refractivity contribution is 6.23. The fourth-order valence-electron chi connectivity index (χ4n) is 2.98. The van der Waals surface area contributed by atoms with Gasteiger partial charge in [0.15, 0.2) is 0 Å². The molecule has 1 saturated heterocycles. The van der Waals surface area contributed by atoms with E-state index < -0.39 is 23.8 Å². The lowest BCUT2D eigenvalue weighted by Gasteiger charge is -2.27. The highest BCUT2D eigenvalue weighted by Crippen LogP contribution is 2.28. The third-order valence-electron chi connectivity index (χ3n) is 4.17. The Balaban J connectivity index is 1.88. The van der Waals surface area contributed by atoms with E-state index in [2.05, 4.69) is 5.32 Å². The second-order valence-electron chi connectivity index (χ2n) is 5.72. The predicted octanol–water partition coefficient (Wildman–Crippen LogP) is -0.0209. The zero-order chi connectivity index (χ0) is 16.6. The van der Waals surface area contributed by atoms with Gasteiger partial charge in [0.2, 0.25) is 11.8 Å². The first-order chi connectivity index (χ1) is 11.0. The van der Waals surface area contributed by atoms with Crippen LogP contribution in [0.25, 0.3) is 0 Å². The van der Waals surface area contributed by atoms with Crippen LogP contribution in [0, 0.1) is 0 Å². The van der Waals surface area contributed by atoms with Crippen LogP contribution in [0.3, 0.4) is 0 Å². The van der Waals surface area contributed by atoms with Crippen LogP contribution in [0.4, 0.5) is 0 Å². The van der Waals surface area contributed by atoms with Crippen LogP contribution in [0.15, 0.2) is 18.2 Å². The van der Waals surface area contributed by atoms with Crippen LogP contribution in [-0.2, 0) is 16.0 Å². The van der Waals surface area contributed by atoms with Gasteiger partial charge in [-0.05, 0) is 43.5 Å². The van der Waals surface area contributed by atoms with Crippen molar-refractivity contribution in [1.82, 2.24) is 10.2 Å². The van der Waals surface area contributed by atoms with Crippen LogP contribution in [-0.4, -0.2) is 41.1 Å². The summed E-state index contributed by atoms with van der Waals surface area (Å²) in [7, 11) is 0. The molecule has 1 fully saturated rings. The van der Waals surface area contributed by atoms with Gasteiger partial charge in [-0.25, -0.2) is 0 Å². The number of fused-ring (bicyclic) bond motifs is 1. The minimum atomic E-state index is -0.924. The molecule has 3 N–H and O–H groups in total. The first-order valence-corrected chi connectivity index (χ1v) is 7.57. The number of imide groups is 2. The molecule has 2 aliphatic heterocycles. The number of carbonyl (C=O) groups excluding carboxylic acids is 4. The summed E-state index contributed by atoms with van der Waals surface area (Å²) in [5, 5.41) is 2.18. The Hall–Kier alpha value is -2.54. The van der Waals surface area contributed by atoms with Gasteiger partial charge in [-0.2, -0.15) is 0 Å². The molecular formula is C16H17N3O4. The lowest BCUT2D eigenvalue weighted by atomic mass is 10.0. The van der Waals surface area contributed by atoms with E-state index in [1.54, 1.807) is 18.2 Å². The summed E-state index contributed by atoms with van der Waals surface area (Å²) in [6, 6.07) is 4.19. The third-order valence-corrected chi connectivity index (χ3v) is 4.17. The Bertz CT molecular complexity index is 713. The van der Waals surface area contributed by atoms with Crippen molar-refractivity contribution in [2.75, 3.05) is 6.54 Å². The van der Waals surface area contributed by atoms with Gasteiger partial charge in [-0.3, -0.25) is 29.4 Å². The first-order valence-electron chi connectivity index (χ1n) is 7.57. The molecule has 2 heterocycles. The average Bonchev–Trinajstić information content (AvgIpc) is 2.77. The normalized spacial score (nSPS) is 20.7. The Morgan fingerprint density at radius 1 is 1.13 bits per heavy atom. The minimum absolute atomic E-state index is 0.117. The van der Waals surface area contributed by atoms with Crippen LogP contribution in [0.2, 0.25) is 0 Å². The molecule has 0 spiro atoms. The van der Waals surface area contributed by atoms with Crippen molar-refractivity contribution in [1.29, 1.82) is 0 Å². The standard InChI is InChI=1S/C16H17N3O4/c17-7-1-2-9-3-4-10-11(8-9)16(23)19(15(10)22)12-5-6-13(20)18-14(12)21/h3-4,8,12H,1-2,5-7,17H2,(H,18,20,21). The van der Waals surface area contributed by atoms with Crippen LogP contribution in [0.5, 0.6) is 0 Å². The molecule has 0 aromatic heterocycles. The van der Waals surface area contributed by atoms with E-state index in [-0.39, 0.29) is 18.7 Å². The molecule has 2 aliphatic rings. The molecule has 0 saturated carbocycles. The van der Waals surface area contributed by atoms with E-state index in [0.29, 0.717) is 17.7 Å². The summed E-state index contributed by atoms with van der Waals surface area (Å²) >= 11 is 0. The van der Waals surface area contributed by atoms with Crippen LogP contribution in [0.1, 0.15) is 45.5 Å². The van der Waals surface area contributed by atoms with Crippen molar-refractivity contribution >= 4 is 23.6 Å². The van der Waals surface area contributed by atoms with Gasteiger partial charge in [-0.15, -0.1) is 0 Å². The molecule has 1 atom stereocenters. The summed E-state index contributed by atoms with van der Waals surface area (Å²) < 4.78 is 0. The second-order valence-corrected chi connectivity index (χ2v) is 5.72. The molecule has 1 aromatic carbocycles. The smallest absolute Gasteiger partial charge is 0.262 e. The Labute approximate surface area is 132 Å². The minimum Gasteiger partial charge on any atom is -0.330 e. The number of hydrogen-bond acceptors (Lipinski definition) is 5. The maximum Gasteiger partial charge on any atom is 0.262 e. The molecule has 7 heteroatoms. The number of rotatable bonds is 4. The maximum absolute atomic E-state index is 12.6. The molecule has 7 nitrogen and oxygen atoms in total. The van der Waals surface area contributed by atoms with E-state index in [1.165, 1.54) is 0 Å². The number of nitrogens with zero attached hydrogens (tertiary/aromatic N) is 1. The second kappa shape index (κ2) is 5.92. The van der Waals surface area contributed by atoms with Gasteiger partial charge < -0.3 is 5.73 Å². The molecule has 120 valence electrons. The molecule has 0 radical (unpaired) electrons. The highest BCUT2D eigenvalue weighted by atomic mass is 16.2. The van der Waals surface area contributed by atoms with Crippen molar-refractivity contribution in [3.05, 3.63) is 34.9 Å². The zero-order valence-electron chi connectivity index (χ0n) is 12.5. The highest BCUT2D eigenvalue weighted by Gasteiger charge is 2.44. The molecule has 0 bridgehead atoms. The maximum atomic E-state index is 12.6. The van der Waals surface area contributed by atoms with Gasteiger partial charge in [-0.1, -0.05) is 6.07 Å². The van der Waals surface area contributed by atoms with Gasteiger partial charge in [0.1, 0.15) is 6.04 Å². The first kappa shape index (κ1) is 15.4. The molecule has 1 aromatic rings. The summed E-state index contributed by atoms with van der Waals surface area (Å²) in [6.07, 6.45) is 1.79. The van der Waals surface area contributed by atoms with Crippen LogP contribution < -0.4 is 11.1 Å². The van der Waals surface area contributed by atoms with E-state index in [0.717, 1.165) is 23.3 Å². The molecule has 1 unspecified atom stereocenters. The number of carbonyl (C=O) groups is 4. The quantitative estimate of drug-likeness (QED) is 0.759. The van der Waals surface area contributed by atoms with Gasteiger partial charge >= 0.3 is 0 Å². The number of nitrogens with one attached hydrogen (secondary N) is 1. The van der Waals surface area contributed by atoms with Crippen molar-refractivity contribution in [2.45, 2.75) is 31.7 Å². The largest absolute Gasteiger partial charge is 0.330 e. The van der Waals surface area contributed by atoms with Gasteiger partial charge in [0.05, 0.1) is 11.1 Å². The number of benzene rings is 1. The fraction of sp³-hybridized carbons (Fsp3) is 0.375. The van der Waals surface area contributed by atoms with Crippen molar-refractivity contribution in [3.8, 4) is 0 Å². The molecule has 3 rings (SSSR count). The zero-order valence-corrected chi connectivity index (χ0v) is 12.5. The SMILES string of the molecule is NCCCc1ccc2c(c1)C(=O)N(C1CCC(=O)NC1=O)C2=O. The predicted molar refractivity (Wildman–Crippen MR) is 80.5 cm³/mol. The summed E-state index contributed by atoms with van der Waals surface area (Å²) in [5.41, 5.74) is 7.03. The van der Waals surface area contributed by atoms with E-state index >= 15 is 0 Å². The molecule has 23 heavy (non-hydrogen) atoms. The average molecular weight is 315 g/mol. The summed E-state index contributed by atoms with van der Waals surface area (Å²) in [6.45, 7) is 0.548. The number of nitrogens with two attached hydrogens (primary N) is 1. The third kappa shape index (κ3) is 2.63. The molecular weight excluding hydrogens is 298 g/mol. The summed E-state index contributed by atoms with van der Waals surface area (Å²) in [4.78, 5) is 49.2. The van der Waals surface area contributed by atoms with E-state index in [4.69, 9.17) is 5.73 Å². The van der Waals surface area contributed by atoms with Crippen molar-refractivity contribution in [3.63, 3.8) is 0 Å². The van der Waals surface area contributed by atoms with E-state index in [1.807, 2.05) is 0 Å². The monoisotopic (exact) mass is 315 g/mol. The van der Waals surface area contributed by atoms with Crippen LogP contribution >= 0.6 is 0 Å². The number of aryl methyl sites for hydroxylation is 1. The topological polar surface area (TPSA) is 110 Å². The fourth-order valence-corrected chi connectivity index (χ4v) is 2.98. The lowest BCUT2D eigenvalue weighted by molar-refractivity contribution is -0.136. The molecule has 4 amide bonds. The van der Waals surface area contributed by atoms with Crippen molar-refractivity contribution in [2.24, 2.45) is 5.73 Å². The van der Waals surface area contributed by atoms with E-state index in [9.17, 15) is 19.2 Å². The number of amides is 4. The number of hydrogen-bond donors (Lipinski definition) is 2. The lowest BCUT2D eigenvalue weighted by Crippen LogP contribution is -2.54. The van der Waals surface area contributed by atoms with Gasteiger partial charge in [0, 0.05) is 6.42 Å². The summed E-state index contributed by atoms with van der Waals surface area (Å²) in [5.74, 6) is -1.94. The Kier molecular flexibility index (Phi) is 3.96.